The van der Waals surface area contributed by atoms with Gasteiger partial charge in [-0.15, -0.1) is 0 Å². The van der Waals surface area contributed by atoms with Crippen LogP contribution in [0.4, 0.5) is 0 Å². The standard InChI is InChI=1S/C11H19N3/c1-9(12)5-6-10-8-14-7-3-2-4-11(14)13-10/h8-9H,2-7,12H2,1H3. The van der Waals surface area contributed by atoms with E-state index in [0.717, 1.165) is 25.8 Å². The van der Waals surface area contributed by atoms with Crippen LogP contribution in [0.15, 0.2) is 6.20 Å². The highest BCUT2D eigenvalue weighted by Crippen LogP contribution is 2.15. The SMILES string of the molecule is CC(N)CCc1cn2c(n1)CCCC2. The number of nitrogens with two attached hydrogens (primary N) is 1. The van der Waals surface area contributed by atoms with Crippen LogP contribution in [0.5, 0.6) is 0 Å². The Kier molecular flexibility index (Phi) is 2.87. The van der Waals surface area contributed by atoms with Crippen LogP contribution in [0.2, 0.25) is 0 Å². The van der Waals surface area contributed by atoms with E-state index in [1.165, 1.54) is 24.4 Å². The Labute approximate surface area is 85.3 Å². The van der Waals surface area contributed by atoms with Crippen molar-refractivity contribution in [3.05, 3.63) is 17.7 Å². The van der Waals surface area contributed by atoms with Gasteiger partial charge in [-0.05, 0) is 32.6 Å². The molecule has 0 aliphatic carbocycles. The zero-order chi connectivity index (χ0) is 9.97. The second kappa shape index (κ2) is 4.13. The second-order valence-electron chi connectivity index (χ2n) is 4.31. The smallest absolute Gasteiger partial charge is 0.108 e. The van der Waals surface area contributed by atoms with Crippen molar-refractivity contribution in [2.45, 2.75) is 51.6 Å². The highest BCUT2D eigenvalue weighted by atomic mass is 15.1. The maximum absolute atomic E-state index is 5.73. The number of aromatic nitrogens is 2. The zero-order valence-electron chi connectivity index (χ0n) is 8.87. The Balaban J connectivity index is 2.01. The lowest BCUT2D eigenvalue weighted by atomic mass is 10.1. The van der Waals surface area contributed by atoms with Gasteiger partial charge in [0.2, 0.25) is 0 Å². The summed E-state index contributed by atoms with van der Waals surface area (Å²) in [6.07, 6.45) is 8.02. The minimum Gasteiger partial charge on any atom is -0.335 e. The Morgan fingerprint density at radius 2 is 2.43 bits per heavy atom. The molecule has 0 saturated heterocycles. The molecule has 1 aliphatic heterocycles. The van der Waals surface area contributed by atoms with E-state index in [4.69, 9.17) is 5.73 Å². The van der Waals surface area contributed by atoms with Crippen molar-refractivity contribution in [1.82, 2.24) is 9.55 Å². The van der Waals surface area contributed by atoms with E-state index < -0.39 is 0 Å². The minimum atomic E-state index is 0.286. The normalized spacial score (nSPS) is 17.9. The van der Waals surface area contributed by atoms with Gasteiger partial charge in [-0.2, -0.15) is 0 Å². The quantitative estimate of drug-likeness (QED) is 0.790. The molecule has 0 fully saturated rings. The van der Waals surface area contributed by atoms with Crippen LogP contribution in [0, 0.1) is 0 Å². The van der Waals surface area contributed by atoms with Gasteiger partial charge < -0.3 is 10.3 Å². The van der Waals surface area contributed by atoms with Crippen molar-refractivity contribution in [3.8, 4) is 0 Å². The minimum absolute atomic E-state index is 0.286. The largest absolute Gasteiger partial charge is 0.335 e. The molecule has 14 heavy (non-hydrogen) atoms. The highest BCUT2D eigenvalue weighted by molar-refractivity contribution is 5.06. The predicted octanol–water partition coefficient (Wildman–Crippen LogP) is 1.50. The molecule has 3 heteroatoms. The number of fused-ring (bicyclic) bond motifs is 1. The maximum Gasteiger partial charge on any atom is 0.108 e. The van der Waals surface area contributed by atoms with Crippen molar-refractivity contribution >= 4 is 0 Å². The molecule has 3 nitrogen and oxygen atoms in total. The van der Waals surface area contributed by atoms with Crippen LogP contribution < -0.4 is 5.73 Å². The van der Waals surface area contributed by atoms with Gasteiger partial charge in [0.15, 0.2) is 0 Å². The van der Waals surface area contributed by atoms with Crippen molar-refractivity contribution in [3.63, 3.8) is 0 Å². The molecule has 1 unspecified atom stereocenters. The van der Waals surface area contributed by atoms with E-state index in [1.807, 2.05) is 0 Å². The molecule has 2 N–H and O–H groups in total. The molecule has 1 aromatic rings. The molecule has 1 aliphatic rings. The van der Waals surface area contributed by atoms with Crippen LogP contribution in [-0.2, 0) is 19.4 Å². The Hall–Kier alpha value is -0.830. The third-order valence-electron chi connectivity index (χ3n) is 2.81. The number of rotatable bonds is 3. The van der Waals surface area contributed by atoms with Gasteiger partial charge in [-0.25, -0.2) is 4.98 Å². The molecule has 0 saturated carbocycles. The number of aryl methyl sites for hydroxylation is 3. The first kappa shape index (κ1) is 9.71. The summed E-state index contributed by atoms with van der Waals surface area (Å²) >= 11 is 0. The lowest BCUT2D eigenvalue weighted by Gasteiger charge is -2.11. The van der Waals surface area contributed by atoms with Gasteiger partial charge in [0, 0.05) is 25.2 Å². The summed E-state index contributed by atoms with van der Waals surface area (Å²) in [5.41, 5.74) is 6.95. The first-order valence-corrected chi connectivity index (χ1v) is 5.56. The number of hydrogen-bond donors (Lipinski definition) is 1. The van der Waals surface area contributed by atoms with Crippen LogP contribution >= 0.6 is 0 Å². The highest BCUT2D eigenvalue weighted by Gasteiger charge is 2.11. The van der Waals surface area contributed by atoms with Gasteiger partial charge in [-0.3, -0.25) is 0 Å². The van der Waals surface area contributed by atoms with E-state index in [-0.39, 0.29) is 6.04 Å². The van der Waals surface area contributed by atoms with Crippen molar-refractivity contribution in [1.29, 1.82) is 0 Å². The Bertz CT molecular complexity index is 278. The maximum atomic E-state index is 5.73. The zero-order valence-corrected chi connectivity index (χ0v) is 8.87. The predicted molar refractivity (Wildman–Crippen MR) is 57.1 cm³/mol. The van der Waals surface area contributed by atoms with Crippen molar-refractivity contribution < 1.29 is 0 Å². The van der Waals surface area contributed by atoms with E-state index in [9.17, 15) is 0 Å². The van der Waals surface area contributed by atoms with Gasteiger partial charge in [-0.1, -0.05) is 0 Å². The van der Waals surface area contributed by atoms with E-state index in [0.29, 0.717) is 0 Å². The summed E-state index contributed by atoms with van der Waals surface area (Å²) in [5, 5.41) is 0. The fourth-order valence-electron chi connectivity index (χ4n) is 1.97. The molecular weight excluding hydrogens is 174 g/mol. The summed E-state index contributed by atoms with van der Waals surface area (Å²) in [7, 11) is 0. The van der Waals surface area contributed by atoms with Crippen molar-refractivity contribution in [2.24, 2.45) is 5.73 Å². The molecule has 0 aromatic carbocycles. The number of nitrogens with zero attached hydrogens (tertiary/aromatic N) is 2. The van der Waals surface area contributed by atoms with Crippen LogP contribution in [-0.4, -0.2) is 15.6 Å². The van der Waals surface area contributed by atoms with Gasteiger partial charge in [0.1, 0.15) is 5.82 Å². The first-order chi connectivity index (χ1) is 6.75. The average Bonchev–Trinajstić information content (AvgIpc) is 2.57. The molecule has 0 bridgehead atoms. The summed E-state index contributed by atoms with van der Waals surface area (Å²) < 4.78 is 2.31. The molecule has 1 atom stereocenters. The molecule has 78 valence electrons. The average molecular weight is 193 g/mol. The van der Waals surface area contributed by atoms with Gasteiger partial charge in [0.05, 0.1) is 5.69 Å². The van der Waals surface area contributed by atoms with Gasteiger partial charge in [0.25, 0.3) is 0 Å². The topological polar surface area (TPSA) is 43.8 Å². The lowest BCUT2D eigenvalue weighted by molar-refractivity contribution is 0.522. The van der Waals surface area contributed by atoms with Crippen molar-refractivity contribution in [2.75, 3.05) is 0 Å². The summed E-state index contributed by atoms with van der Waals surface area (Å²) in [5.74, 6) is 1.27. The summed E-state index contributed by atoms with van der Waals surface area (Å²) in [6.45, 7) is 3.20. The third-order valence-corrected chi connectivity index (χ3v) is 2.81. The van der Waals surface area contributed by atoms with E-state index >= 15 is 0 Å². The molecule has 2 rings (SSSR count). The number of imidazole rings is 1. The molecular formula is C11H19N3. The Morgan fingerprint density at radius 1 is 1.57 bits per heavy atom. The van der Waals surface area contributed by atoms with E-state index in [1.54, 1.807) is 0 Å². The molecule has 0 spiro atoms. The molecule has 0 radical (unpaired) electrons. The van der Waals surface area contributed by atoms with E-state index in [2.05, 4.69) is 22.7 Å². The molecule has 0 amide bonds. The third kappa shape index (κ3) is 2.15. The first-order valence-electron chi connectivity index (χ1n) is 5.56. The number of hydrogen-bond acceptors (Lipinski definition) is 2. The van der Waals surface area contributed by atoms with Crippen LogP contribution in [0.3, 0.4) is 0 Å². The second-order valence-corrected chi connectivity index (χ2v) is 4.31. The summed E-state index contributed by atoms with van der Waals surface area (Å²) in [4.78, 5) is 4.63. The molecule has 2 heterocycles. The monoisotopic (exact) mass is 193 g/mol. The fraction of sp³-hybridized carbons (Fsp3) is 0.727. The molecule has 1 aromatic heterocycles. The summed E-state index contributed by atoms with van der Waals surface area (Å²) in [6, 6.07) is 0.286. The van der Waals surface area contributed by atoms with Crippen LogP contribution in [0.25, 0.3) is 0 Å². The fourth-order valence-corrected chi connectivity index (χ4v) is 1.97. The lowest BCUT2D eigenvalue weighted by Crippen LogP contribution is -2.15. The van der Waals surface area contributed by atoms with Gasteiger partial charge >= 0.3 is 0 Å². The Morgan fingerprint density at radius 3 is 3.14 bits per heavy atom. The van der Waals surface area contributed by atoms with Crippen LogP contribution in [0.1, 0.15) is 37.7 Å².